The van der Waals surface area contributed by atoms with Gasteiger partial charge in [-0.25, -0.2) is 0 Å². The van der Waals surface area contributed by atoms with Crippen LogP contribution in [0.15, 0.2) is 42.5 Å². The Balaban J connectivity index is 1.72. The summed E-state index contributed by atoms with van der Waals surface area (Å²) < 4.78 is 10.9. The standard InChI is InChI=1S/C23H30N2O3/c1-4-28-22-15-19(11-12-21(22)27-3)23(26)24-16-20(25-13-5-6-14-25)18-9-7-17(2)8-10-18/h7-12,15,20H,4-6,13-14,16H2,1-3H3,(H,24,26). The van der Waals surface area contributed by atoms with Crippen LogP contribution in [0, 0.1) is 6.92 Å². The predicted octanol–water partition coefficient (Wildman–Crippen LogP) is 3.97. The molecule has 0 aromatic heterocycles. The minimum Gasteiger partial charge on any atom is -0.493 e. The molecule has 28 heavy (non-hydrogen) atoms. The van der Waals surface area contributed by atoms with Gasteiger partial charge in [-0.1, -0.05) is 29.8 Å². The molecule has 1 aliphatic rings. The van der Waals surface area contributed by atoms with E-state index in [1.54, 1.807) is 25.3 Å². The van der Waals surface area contributed by atoms with Gasteiger partial charge in [-0.15, -0.1) is 0 Å². The van der Waals surface area contributed by atoms with Crippen LogP contribution in [-0.4, -0.2) is 44.2 Å². The van der Waals surface area contributed by atoms with Gasteiger partial charge in [-0.2, -0.15) is 0 Å². The smallest absolute Gasteiger partial charge is 0.251 e. The molecule has 1 saturated heterocycles. The first kappa shape index (κ1) is 20.2. The molecule has 3 rings (SSSR count). The molecule has 150 valence electrons. The van der Waals surface area contributed by atoms with Crippen molar-refractivity contribution in [2.45, 2.75) is 32.7 Å². The zero-order valence-electron chi connectivity index (χ0n) is 17.0. The van der Waals surface area contributed by atoms with Crippen molar-refractivity contribution in [3.8, 4) is 11.5 Å². The Bertz CT molecular complexity index is 783. The zero-order valence-corrected chi connectivity index (χ0v) is 17.0. The van der Waals surface area contributed by atoms with Crippen LogP contribution in [0.5, 0.6) is 11.5 Å². The largest absolute Gasteiger partial charge is 0.493 e. The number of nitrogens with zero attached hydrogens (tertiary/aromatic N) is 1. The minimum absolute atomic E-state index is 0.0973. The number of carbonyl (C=O) groups is 1. The average Bonchev–Trinajstić information content (AvgIpc) is 3.24. The summed E-state index contributed by atoms with van der Waals surface area (Å²) in [4.78, 5) is 15.2. The van der Waals surface area contributed by atoms with E-state index in [0.29, 0.717) is 30.2 Å². The highest BCUT2D eigenvalue weighted by molar-refractivity contribution is 5.94. The molecule has 0 spiro atoms. The maximum Gasteiger partial charge on any atom is 0.251 e. The Morgan fingerprint density at radius 3 is 2.46 bits per heavy atom. The van der Waals surface area contributed by atoms with E-state index in [4.69, 9.17) is 9.47 Å². The molecule has 0 saturated carbocycles. The summed E-state index contributed by atoms with van der Waals surface area (Å²) in [6, 6.07) is 14.1. The lowest BCUT2D eigenvalue weighted by atomic mass is 10.0. The van der Waals surface area contributed by atoms with E-state index in [-0.39, 0.29) is 11.9 Å². The molecular formula is C23H30N2O3. The summed E-state index contributed by atoms with van der Waals surface area (Å²) in [5.41, 5.74) is 3.07. The molecule has 0 aliphatic carbocycles. The number of methoxy groups -OCH3 is 1. The summed E-state index contributed by atoms with van der Waals surface area (Å²) in [7, 11) is 1.60. The molecule has 1 atom stereocenters. The van der Waals surface area contributed by atoms with Gasteiger partial charge < -0.3 is 14.8 Å². The Morgan fingerprint density at radius 2 is 1.82 bits per heavy atom. The van der Waals surface area contributed by atoms with E-state index in [9.17, 15) is 4.79 Å². The van der Waals surface area contributed by atoms with Crippen LogP contribution in [0.1, 0.15) is 47.3 Å². The molecule has 1 unspecified atom stereocenters. The summed E-state index contributed by atoms with van der Waals surface area (Å²) in [6.45, 7) is 7.26. The number of rotatable bonds is 8. The van der Waals surface area contributed by atoms with Crippen LogP contribution in [0.25, 0.3) is 0 Å². The number of likely N-dealkylation sites (tertiary alicyclic amines) is 1. The van der Waals surface area contributed by atoms with Crippen molar-refractivity contribution >= 4 is 5.91 Å². The summed E-state index contributed by atoms with van der Waals surface area (Å²) in [6.07, 6.45) is 2.43. The van der Waals surface area contributed by atoms with Gasteiger partial charge in [0.05, 0.1) is 19.8 Å². The van der Waals surface area contributed by atoms with Gasteiger partial charge in [0, 0.05) is 12.1 Å². The Kier molecular flexibility index (Phi) is 6.93. The van der Waals surface area contributed by atoms with Crippen molar-refractivity contribution in [2.24, 2.45) is 0 Å². The van der Waals surface area contributed by atoms with Crippen LogP contribution < -0.4 is 14.8 Å². The quantitative estimate of drug-likeness (QED) is 0.751. The topological polar surface area (TPSA) is 50.8 Å². The normalized spacial score (nSPS) is 15.2. The average molecular weight is 383 g/mol. The van der Waals surface area contributed by atoms with Crippen molar-refractivity contribution < 1.29 is 14.3 Å². The fourth-order valence-corrected chi connectivity index (χ4v) is 3.68. The number of ether oxygens (including phenoxy) is 2. The number of aryl methyl sites for hydroxylation is 1. The number of amides is 1. The lowest BCUT2D eigenvalue weighted by molar-refractivity contribution is 0.0937. The monoisotopic (exact) mass is 382 g/mol. The lowest BCUT2D eigenvalue weighted by Gasteiger charge is -2.28. The highest BCUT2D eigenvalue weighted by Gasteiger charge is 2.24. The van der Waals surface area contributed by atoms with Gasteiger partial charge in [-0.3, -0.25) is 9.69 Å². The molecule has 5 heteroatoms. The molecule has 1 N–H and O–H groups in total. The van der Waals surface area contributed by atoms with Gasteiger partial charge in [-0.05, 0) is 63.5 Å². The van der Waals surface area contributed by atoms with Gasteiger partial charge in [0.1, 0.15) is 0 Å². The molecule has 2 aromatic carbocycles. The Labute approximate surface area is 167 Å². The van der Waals surface area contributed by atoms with Crippen LogP contribution in [-0.2, 0) is 0 Å². The second kappa shape index (κ2) is 9.60. The fraction of sp³-hybridized carbons (Fsp3) is 0.435. The molecule has 0 radical (unpaired) electrons. The molecule has 1 amide bonds. The molecule has 1 fully saturated rings. The Hall–Kier alpha value is -2.53. The molecular weight excluding hydrogens is 352 g/mol. The number of benzene rings is 2. The third-order valence-corrected chi connectivity index (χ3v) is 5.23. The SMILES string of the molecule is CCOc1cc(C(=O)NCC(c2ccc(C)cc2)N2CCCC2)ccc1OC. The number of hydrogen-bond acceptors (Lipinski definition) is 4. The lowest BCUT2D eigenvalue weighted by Crippen LogP contribution is -2.36. The summed E-state index contributed by atoms with van der Waals surface area (Å²) >= 11 is 0. The first-order valence-electron chi connectivity index (χ1n) is 10.0. The highest BCUT2D eigenvalue weighted by Crippen LogP contribution is 2.28. The third-order valence-electron chi connectivity index (χ3n) is 5.23. The maximum absolute atomic E-state index is 12.8. The van der Waals surface area contributed by atoms with E-state index in [1.165, 1.54) is 24.0 Å². The van der Waals surface area contributed by atoms with Crippen LogP contribution in [0.2, 0.25) is 0 Å². The number of carbonyl (C=O) groups excluding carboxylic acids is 1. The molecule has 1 heterocycles. The summed E-state index contributed by atoms with van der Waals surface area (Å²) in [5, 5.41) is 3.12. The van der Waals surface area contributed by atoms with Gasteiger partial charge in [0.2, 0.25) is 0 Å². The first-order chi connectivity index (χ1) is 13.6. The fourth-order valence-electron chi connectivity index (χ4n) is 3.68. The molecule has 1 aliphatic heterocycles. The third kappa shape index (κ3) is 4.84. The number of nitrogens with one attached hydrogen (secondary N) is 1. The van der Waals surface area contributed by atoms with E-state index in [0.717, 1.165) is 13.1 Å². The highest BCUT2D eigenvalue weighted by atomic mass is 16.5. The Morgan fingerprint density at radius 1 is 1.11 bits per heavy atom. The van der Waals surface area contributed by atoms with Crippen LogP contribution in [0.3, 0.4) is 0 Å². The van der Waals surface area contributed by atoms with E-state index in [2.05, 4.69) is 41.4 Å². The minimum atomic E-state index is -0.0973. The van der Waals surface area contributed by atoms with E-state index >= 15 is 0 Å². The summed E-state index contributed by atoms with van der Waals surface area (Å²) in [5.74, 6) is 1.13. The van der Waals surface area contributed by atoms with E-state index < -0.39 is 0 Å². The van der Waals surface area contributed by atoms with Gasteiger partial charge in [0.15, 0.2) is 11.5 Å². The van der Waals surface area contributed by atoms with Crippen molar-refractivity contribution in [1.82, 2.24) is 10.2 Å². The van der Waals surface area contributed by atoms with Crippen molar-refractivity contribution in [3.63, 3.8) is 0 Å². The first-order valence-corrected chi connectivity index (χ1v) is 10.0. The maximum atomic E-state index is 12.8. The van der Waals surface area contributed by atoms with Crippen LogP contribution >= 0.6 is 0 Å². The van der Waals surface area contributed by atoms with Gasteiger partial charge in [0.25, 0.3) is 5.91 Å². The predicted molar refractivity (Wildman–Crippen MR) is 111 cm³/mol. The van der Waals surface area contributed by atoms with Gasteiger partial charge >= 0.3 is 0 Å². The second-order valence-corrected chi connectivity index (χ2v) is 7.18. The van der Waals surface area contributed by atoms with Crippen molar-refractivity contribution in [3.05, 3.63) is 59.2 Å². The van der Waals surface area contributed by atoms with Crippen molar-refractivity contribution in [2.75, 3.05) is 33.4 Å². The molecule has 5 nitrogen and oxygen atoms in total. The number of hydrogen-bond donors (Lipinski definition) is 1. The van der Waals surface area contributed by atoms with Crippen molar-refractivity contribution in [1.29, 1.82) is 0 Å². The van der Waals surface area contributed by atoms with E-state index in [1.807, 2.05) is 6.92 Å². The zero-order chi connectivity index (χ0) is 19.9. The van der Waals surface area contributed by atoms with Crippen LogP contribution in [0.4, 0.5) is 0 Å². The second-order valence-electron chi connectivity index (χ2n) is 7.18. The molecule has 2 aromatic rings. The molecule has 0 bridgehead atoms.